The van der Waals surface area contributed by atoms with E-state index in [2.05, 4.69) is 10.3 Å². The molecule has 90 valence electrons. The summed E-state index contributed by atoms with van der Waals surface area (Å²) < 4.78 is 1.91. The SMILES string of the molecule is Cc1cccc2nc(C(=O)NC(C)(C)C)cn12. The van der Waals surface area contributed by atoms with Crippen LogP contribution in [0, 0.1) is 6.92 Å². The third kappa shape index (κ3) is 2.46. The van der Waals surface area contributed by atoms with E-state index < -0.39 is 0 Å². The van der Waals surface area contributed by atoms with Crippen molar-refractivity contribution in [2.75, 3.05) is 0 Å². The third-order valence-corrected chi connectivity index (χ3v) is 2.42. The van der Waals surface area contributed by atoms with Crippen LogP contribution in [0.3, 0.4) is 0 Å². The molecule has 0 atom stereocenters. The largest absolute Gasteiger partial charge is 0.346 e. The molecule has 0 aromatic carbocycles. The number of fused-ring (bicyclic) bond motifs is 1. The molecule has 0 saturated carbocycles. The molecule has 4 nitrogen and oxygen atoms in total. The summed E-state index contributed by atoms with van der Waals surface area (Å²) in [4.78, 5) is 16.3. The van der Waals surface area contributed by atoms with Gasteiger partial charge in [0.15, 0.2) is 0 Å². The standard InChI is InChI=1S/C13H17N3O/c1-9-6-5-7-11-14-10(8-16(9)11)12(17)15-13(2,3)4/h5-8H,1-4H3,(H,15,17). The number of nitrogens with zero attached hydrogens (tertiary/aromatic N) is 2. The second-order valence-corrected chi connectivity index (χ2v) is 5.23. The monoisotopic (exact) mass is 231 g/mol. The first-order valence-electron chi connectivity index (χ1n) is 5.64. The van der Waals surface area contributed by atoms with Crippen LogP contribution < -0.4 is 5.32 Å². The Bertz CT molecular complexity index is 564. The quantitative estimate of drug-likeness (QED) is 0.817. The van der Waals surface area contributed by atoms with Crippen molar-refractivity contribution < 1.29 is 4.79 Å². The van der Waals surface area contributed by atoms with Gasteiger partial charge in [0.25, 0.3) is 5.91 Å². The number of amides is 1. The zero-order valence-electron chi connectivity index (χ0n) is 10.6. The summed E-state index contributed by atoms with van der Waals surface area (Å²) in [5.74, 6) is -0.138. The normalized spacial score (nSPS) is 11.8. The minimum absolute atomic E-state index is 0.138. The number of hydrogen-bond donors (Lipinski definition) is 1. The van der Waals surface area contributed by atoms with Gasteiger partial charge >= 0.3 is 0 Å². The molecule has 2 heterocycles. The topological polar surface area (TPSA) is 46.4 Å². The van der Waals surface area contributed by atoms with Crippen molar-refractivity contribution in [3.8, 4) is 0 Å². The van der Waals surface area contributed by atoms with Crippen molar-refractivity contribution in [3.63, 3.8) is 0 Å². The first kappa shape index (κ1) is 11.6. The molecule has 0 bridgehead atoms. The summed E-state index contributed by atoms with van der Waals surface area (Å²) in [5, 5.41) is 2.90. The number of imidazole rings is 1. The lowest BCUT2D eigenvalue weighted by atomic mass is 10.1. The van der Waals surface area contributed by atoms with E-state index in [1.165, 1.54) is 0 Å². The summed E-state index contributed by atoms with van der Waals surface area (Å²) >= 11 is 0. The lowest BCUT2D eigenvalue weighted by molar-refractivity contribution is 0.0915. The number of aryl methyl sites for hydroxylation is 1. The molecule has 0 fully saturated rings. The van der Waals surface area contributed by atoms with Crippen LogP contribution in [-0.4, -0.2) is 20.8 Å². The second-order valence-electron chi connectivity index (χ2n) is 5.23. The molecule has 0 aliphatic rings. The fourth-order valence-corrected chi connectivity index (χ4v) is 1.66. The van der Waals surface area contributed by atoms with Gasteiger partial charge in [-0.1, -0.05) is 6.07 Å². The first-order valence-corrected chi connectivity index (χ1v) is 5.64. The van der Waals surface area contributed by atoms with Crippen LogP contribution >= 0.6 is 0 Å². The van der Waals surface area contributed by atoms with Crippen LogP contribution in [0.25, 0.3) is 5.65 Å². The summed E-state index contributed by atoms with van der Waals surface area (Å²) in [5.41, 5.74) is 2.06. The number of carbonyl (C=O) groups is 1. The van der Waals surface area contributed by atoms with Crippen molar-refractivity contribution in [3.05, 3.63) is 35.8 Å². The number of pyridine rings is 1. The molecule has 17 heavy (non-hydrogen) atoms. The number of aromatic nitrogens is 2. The lowest BCUT2D eigenvalue weighted by Crippen LogP contribution is -2.40. The highest BCUT2D eigenvalue weighted by Crippen LogP contribution is 2.09. The Balaban J connectivity index is 2.37. The van der Waals surface area contributed by atoms with Crippen LogP contribution in [0.1, 0.15) is 37.0 Å². The second kappa shape index (κ2) is 3.87. The maximum absolute atomic E-state index is 12.0. The van der Waals surface area contributed by atoms with Crippen molar-refractivity contribution >= 4 is 11.6 Å². The maximum atomic E-state index is 12.0. The number of carbonyl (C=O) groups excluding carboxylic acids is 1. The highest BCUT2D eigenvalue weighted by molar-refractivity contribution is 5.93. The number of rotatable bonds is 1. The van der Waals surface area contributed by atoms with Crippen molar-refractivity contribution in [1.29, 1.82) is 0 Å². The lowest BCUT2D eigenvalue weighted by Gasteiger charge is -2.19. The van der Waals surface area contributed by atoms with E-state index in [1.54, 1.807) is 6.20 Å². The Morgan fingerprint density at radius 1 is 1.35 bits per heavy atom. The van der Waals surface area contributed by atoms with Gasteiger partial charge in [-0.25, -0.2) is 4.98 Å². The van der Waals surface area contributed by atoms with E-state index in [-0.39, 0.29) is 11.4 Å². The summed E-state index contributed by atoms with van der Waals surface area (Å²) in [6.45, 7) is 7.84. The predicted octanol–water partition coefficient (Wildman–Crippen LogP) is 2.17. The van der Waals surface area contributed by atoms with Crippen molar-refractivity contribution in [1.82, 2.24) is 14.7 Å². The van der Waals surface area contributed by atoms with E-state index in [9.17, 15) is 4.79 Å². The summed E-state index contributed by atoms with van der Waals surface area (Å²) in [7, 11) is 0. The molecule has 2 aromatic rings. The molecule has 0 unspecified atom stereocenters. The van der Waals surface area contributed by atoms with E-state index in [0.29, 0.717) is 5.69 Å². The summed E-state index contributed by atoms with van der Waals surface area (Å²) in [6, 6.07) is 5.81. The van der Waals surface area contributed by atoms with Gasteiger partial charge in [-0.05, 0) is 39.8 Å². The van der Waals surface area contributed by atoms with Gasteiger partial charge < -0.3 is 9.72 Å². The third-order valence-electron chi connectivity index (χ3n) is 2.42. The average Bonchev–Trinajstić information content (AvgIpc) is 2.60. The van der Waals surface area contributed by atoms with Gasteiger partial charge in [-0.3, -0.25) is 4.79 Å². The minimum atomic E-state index is -0.248. The molecular formula is C13H17N3O. The fraction of sp³-hybridized carbons (Fsp3) is 0.385. The average molecular weight is 231 g/mol. The molecule has 2 aromatic heterocycles. The first-order chi connectivity index (χ1) is 7.87. The van der Waals surface area contributed by atoms with Gasteiger partial charge in [-0.2, -0.15) is 0 Å². The van der Waals surface area contributed by atoms with Crippen molar-refractivity contribution in [2.45, 2.75) is 33.2 Å². The smallest absolute Gasteiger partial charge is 0.271 e. The van der Waals surface area contributed by atoms with Gasteiger partial charge in [0, 0.05) is 17.4 Å². The Morgan fingerprint density at radius 2 is 2.06 bits per heavy atom. The number of hydrogen-bond acceptors (Lipinski definition) is 2. The molecule has 0 aliphatic heterocycles. The molecule has 0 spiro atoms. The fourth-order valence-electron chi connectivity index (χ4n) is 1.66. The van der Waals surface area contributed by atoms with Crippen LogP contribution in [0.15, 0.2) is 24.4 Å². The molecule has 1 amide bonds. The Labute approximate surface area is 101 Å². The zero-order chi connectivity index (χ0) is 12.6. The van der Waals surface area contributed by atoms with Crippen LogP contribution in [0.4, 0.5) is 0 Å². The molecule has 1 N–H and O–H groups in total. The van der Waals surface area contributed by atoms with E-state index >= 15 is 0 Å². The highest BCUT2D eigenvalue weighted by Gasteiger charge is 2.17. The number of nitrogens with one attached hydrogen (secondary N) is 1. The summed E-state index contributed by atoms with van der Waals surface area (Å²) in [6.07, 6.45) is 1.77. The minimum Gasteiger partial charge on any atom is -0.346 e. The van der Waals surface area contributed by atoms with Gasteiger partial charge in [-0.15, -0.1) is 0 Å². The van der Waals surface area contributed by atoms with Gasteiger partial charge in [0.1, 0.15) is 11.3 Å². The van der Waals surface area contributed by atoms with Gasteiger partial charge in [0.05, 0.1) is 0 Å². The van der Waals surface area contributed by atoms with E-state index in [1.807, 2.05) is 50.3 Å². The molecule has 2 rings (SSSR count). The Kier molecular flexibility index (Phi) is 2.65. The molecule has 0 radical (unpaired) electrons. The molecule has 0 aliphatic carbocycles. The molecule has 4 heteroatoms. The van der Waals surface area contributed by atoms with Crippen LogP contribution in [0.5, 0.6) is 0 Å². The van der Waals surface area contributed by atoms with E-state index in [4.69, 9.17) is 0 Å². The van der Waals surface area contributed by atoms with Crippen LogP contribution in [0.2, 0.25) is 0 Å². The van der Waals surface area contributed by atoms with Crippen LogP contribution in [-0.2, 0) is 0 Å². The molecule has 0 saturated heterocycles. The maximum Gasteiger partial charge on any atom is 0.271 e. The van der Waals surface area contributed by atoms with Crippen molar-refractivity contribution in [2.24, 2.45) is 0 Å². The van der Waals surface area contributed by atoms with Gasteiger partial charge in [0.2, 0.25) is 0 Å². The Hall–Kier alpha value is -1.84. The highest BCUT2D eigenvalue weighted by atomic mass is 16.2. The Morgan fingerprint density at radius 3 is 2.65 bits per heavy atom. The predicted molar refractivity (Wildman–Crippen MR) is 67.1 cm³/mol. The molecular weight excluding hydrogens is 214 g/mol. The van der Waals surface area contributed by atoms with E-state index in [0.717, 1.165) is 11.3 Å². The zero-order valence-corrected chi connectivity index (χ0v) is 10.6.